The normalized spacial score (nSPS) is 20.2. The number of ether oxygens (including phenoxy) is 1. The molecular weight excluding hydrogens is 334 g/mol. The quantitative estimate of drug-likeness (QED) is 0.409. The summed E-state index contributed by atoms with van der Waals surface area (Å²) >= 11 is 0. The highest BCUT2D eigenvalue weighted by molar-refractivity contribution is 5.94. The molecule has 3 rings (SSSR count). The fraction of sp³-hybridized carbons (Fsp3) is 0.550. The number of hydrogen-bond donors (Lipinski definition) is 1. The predicted octanol–water partition coefficient (Wildman–Crippen LogP) is 4.80. The highest BCUT2D eigenvalue weighted by Gasteiger charge is 2.51. The predicted molar refractivity (Wildman–Crippen MR) is 96.9 cm³/mol. The van der Waals surface area contributed by atoms with Crippen molar-refractivity contribution in [3.63, 3.8) is 0 Å². The van der Waals surface area contributed by atoms with Gasteiger partial charge in [0.15, 0.2) is 5.60 Å². The van der Waals surface area contributed by atoms with E-state index in [0.717, 1.165) is 25.7 Å². The standard InChI is InChI=1S/C20H25NO5/c1-3-10-20(11-4-2)18(22)17(19(23)26-20)16(13-8-9-13)14-6-5-7-15(12-14)21(24)25/h5-7,12-13,16,22H,3-4,8-11H2,1-2H3. The number of nitro benzene ring substituents is 1. The van der Waals surface area contributed by atoms with Crippen molar-refractivity contribution in [1.82, 2.24) is 0 Å². The smallest absolute Gasteiger partial charge is 0.339 e. The van der Waals surface area contributed by atoms with Crippen molar-refractivity contribution >= 4 is 11.7 Å². The van der Waals surface area contributed by atoms with Gasteiger partial charge in [-0.15, -0.1) is 0 Å². The molecule has 0 radical (unpaired) electrons. The van der Waals surface area contributed by atoms with Crippen LogP contribution in [0.25, 0.3) is 0 Å². The van der Waals surface area contributed by atoms with E-state index in [4.69, 9.17) is 4.74 Å². The second kappa shape index (κ2) is 7.09. The first-order valence-corrected chi connectivity index (χ1v) is 9.34. The van der Waals surface area contributed by atoms with E-state index in [1.54, 1.807) is 12.1 Å². The molecule has 0 saturated heterocycles. The van der Waals surface area contributed by atoms with Crippen LogP contribution in [0.4, 0.5) is 5.69 Å². The van der Waals surface area contributed by atoms with Gasteiger partial charge in [-0.2, -0.15) is 0 Å². The molecule has 1 aromatic rings. The molecule has 0 spiro atoms. The summed E-state index contributed by atoms with van der Waals surface area (Å²) in [6.07, 6.45) is 4.60. The van der Waals surface area contributed by atoms with Crippen LogP contribution < -0.4 is 0 Å². The zero-order valence-corrected chi connectivity index (χ0v) is 15.2. The van der Waals surface area contributed by atoms with E-state index in [9.17, 15) is 20.0 Å². The number of rotatable bonds is 8. The van der Waals surface area contributed by atoms with Gasteiger partial charge in [-0.05, 0) is 37.2 Å². The van der Waals surface area contributed by atoms with Crippen LogP contribution in [0.3, 0.4) is 0 Å². The SMILES string of the molecule is CCCC1(CCC)OC(=O)C(C(c2cccc([N+](=O)[O-])c2)C2CC2)=C1O. The molecule has 1 heterocycles. The number of non-ortho nitro benzene ring substituents is 1. The molecule has 1 fully saturated rings. The number of carbonyl (C=O) groups is 1. The molecule has 1 N–H and O–H groups in total. The Labute approximate surface area is 153 Å². The summed E-state index contributed by atoms with van der Waals surface area (Å²) in [6, 6.07) is 6.37. The Morgan fingerprint density at radius 1 is 1.31 bits per heavy atom. The third-order valence-corrected chi connectivity index (χ3v) is 5.35. The molecule has 1 aromatic carbocycles. The lowest BCUT2D eigenvalue weighted by atomic mass is 9.82. The Morgan fingerprint density at radius 2 is 1.96 bits per heavy atom. The lowest BCUT2D eigenvalue weighted by molar-refractivity contribution is -0.384. The number of cyclic esters (lactones) is 1. The third-order valence-electron chi connectivity index (χ3n) is 5.35. The van der Waals surface area contributed by atoms with E-state index in [1.165, 1.54) is 12.1 Å². The van der Waals surface area contributed by atoms with Gasteiger partial charge in [0, 0.05) is 18.1 Å². The number of hydrogen-bond acceptors (Lipinski definition) is 5. The van der Waals surface area contributed by atoms with E-state index in [1.807, 2.05) is 13.8 Å². The molecule has 1 atom stereocenters. The lowest BCUT2D eigenvalue weighted by Crippen LogP contribution is -2.31. The van der Waals surface area contributed by atoms with Crippen molar-refractivity contribution in [1.29, 1.82) is 0 Å². The maximum Gasteiger partial charge on any atom is 0.339 e. The summed E-state index contributed by atoms with van der Waals surface area (Å²) in [5.41, 5.74) is 0.0518. The maximum atomic E-state index is 12.7. The molecule has 0 aromatic heterocycles. The highest BCUT2D eigenvalue weighted by atomic mass is 16.6. The van der Waals surface area contributed by atoms with Gasteiger partial charge in [-0.1, -0.05) is 38.8 Å². The molecular formula is C20H25NO5. The number of carbonyl (C=O) groups excluding carboxylic acids is 1. The van der Waals surface area contributed by atoms with Crippen LogP contribution in [0.15, 0.2) is 35.6 Å². The number of nitro groups is 1. The lowest BCUT2D eigenvalue weighted by Gasteiger charge is -2.27. The summed E-state index contributed by atoms with van der Waals surface area (Å²) in [6.45, 7) is 3.99. The number of nitrogens with zero attached hydrogens (tertiary/aromatic N) is 1. The van der Waals surface area contributed by atoms with E-state index in [-0.39, 0.29) is 23.3 Å². The van der Waals surface area contributed by atoms with Gasteiger partial charge in [-0.3, -0.25) is 10.1 Å². The minimum Gasteiger partial charge on any atom is -0.507 e. The largest absolute Gasteiger partial charge is 0.507 e. The number of benzene rings is 1. The van der Waals surface area contributed by atoms with Gasteiger partial charge in [0.2, 0.25) is 0 Å². The first-order valence-electron chi connectivity index (χ1n) is 9.34. The van der Waals surface area contributed by atoms with Crippen molar-refractivity contribution in [2.24, 2.45) is 5.92 Å². The molecule has 1 unspecified atom stereocenters. The average molecular weight is 359 g/mol. The van der Waals surface area contributed by atoms with E-state index < -0.39 is 16.5 Å². The second-order valence-corrected chi connectivity index (χ2v) is 7.31. The molecule has 0 amide bonds. The number of aliphatic hydroxyl groups is 1. The van der Waals surface area contributed by atoms with Crippen molar-refractivity contribution in [2.45, 2.75) is 63.9 Å². The molecule has 6 heteroatoms. The minimum atomic E-state index is -0.941. The maximum absolute atomic E-state index is 12.7. The Balaban J connectivity index is 2.07. The van der Waals surface area contributed by atoms with Crippen LogP contribution in [-0.4, -0.2) is 21.6 Å². The number of aliphatic hydroxyl groups excluding tert-OH is 1. The summed E-state index contributed by atoms with van der Waals surface area (Å²) in [5.74, 6) is -0.582. The zero-order chi connectivity index (χ0) is 18.9. The van der Waals surface area contributed by atoms with E-state index in [2.05, 4.69) is 0 Å². The Morgan fingerprint density at radius 3 is 2.50 bits per heavy atom. The highest BCUT2D eigenvalue weighted by Crippen LogP contribution is 2.52. The second-order valence-electron chi connectivity index (χ2n) is 7.31. The van der Waals surface area contributed by atoms with Crippen LogP contribution in [0.5, 0.6) is 0 Å². The summed E-state index contributed by atoms with van der Waals surface area (Å²) in [5, 5.41) is 22.2. The van der Waals surface area contributed by atoms with Crippen molar-refractivity contribution in [2.75, 3.05) is 0 Å². The summed E-state index contributed by atoms with van der Waals surface area (Å²) < 4.78 is 5.72. The first-order chi connectivity index (χ1) is 12.4. The molecule has 140 valence electrons. The molecule has 26 heavy (non-hydrogen) atoms. The van der Waals surface area contributed by atoms with Gasteiger partial charge in [0.25, 0.3) is 5.69 Å². The molecule has 0 bridgehead atoms. The molecule has 6 nitrogen and oxygen atoms in total. The van der Waals surface area contributed by atoms with Gasteiger partial charge >= 0.3 is 5.97 Å². The monoisotopic (exact) mass is 359 g/mol. The van der Waals surface area contributed by atoms with E-state index >= 15 is 0 Å². The van der Waals surface area contributed by atoms with Crippen LogP contribution in [0.1, 0.15) is 63.9 Å². The summed E-state index contributed by atoms with van der Waals surface area (Å²) in [4.78, 5) is 23.4. The fourth-order valence-corrected chi connectivity index (χ4v) is 4.10. The van der Waals surface area contributed by atoms with Gasteiger partial charge in [-0.25, -0.2) is 4.79 Å². The molecule has 2 aliphatic rings. The third kappa shape index (κ3) is 3.20. The van der Waals surface area contributed by atoms with Crippen LogP contribution in [0, 0.1) is 16.0 Å². The summed E-state index contributed by atoms with van der Waals surface area (Å²) in [7, 11) is 0. The number of esters is 1. The van der Waals surface area contributed by atoms with Crippen molar-refractivity contribution < 1.29 is 19.6 Å². The van der Waals surface area contributed by atoms with Crippen LogP contribution in [-0.2, 0) is 9.53 Å². The Kier molecular flexibility index (Phi) is 5.03. The fourth-order valence-electron chi connectivity index (χ4n) is 4.10. The van der Waals surface area contributed by atoms with Crippen molar-refractivity contribution in [3.05, 3.63) is 51.3 Å². The zero-order valence-electron chi connectivity index (χ0n) is 15.2. The molecule has 1 aliphatic heterocycles. The Hall–Kier alpha value is -2.37. The first kappa shape index (κ1) is 18.4. The topological polar surface area (TPSA) is 89.7 Å². The molecule has 1 saturated carbocycles. The van der Waals surface area contributed by atoms with E-state index in [0.29, 0.717) is 24.0 Å². The minimum absolute atomic E-state index is 0.00650. The average Bonchev–Trinajstić information content (AvgIpc) is 3.40. The van der Waals surface area contributed by atoms with Gasteiger partial charge < -0.3 is 9.84 Å². The van der Waals surface area contributed by atoms with Crippen LogP contribution >= 0.6 is 0 Å². The molecule has 1 aliphatic carbocycles. The Bertz CT molecular complexity index is 744. The van der Waals surface area contributed by atoms with Gasteiger partial charge in [0.1, 0.15) is 5.76 Å². The van der Waals surface area contributed by atoms with Crippen LogP contribution in [0.2, 0.25) is 0 Å². The van der Waals surface area contributed by atoms with Gasteiger partial charge in [0.05, 0.1) is 10.5 Å². The van der Waals surface area contributed by atoms with Crippen molar-refractivity contribution in [3.8, 4) is 0 Å².